The number of carbonyl (C=O) groups excluding carboxylic acids is 1. The number of morpholine rings is 1. The first kappa shape index (κ1) is 15.2. The van der Waals surface area contributed by atoms with Crippen molar-refractivity contribution in [2.75, 3.05) is 52.6 Å². The molecule has 106 valence electrons. The lowest BCUT2D eigenvalue weighted by atomic mass is 10.3. The van der Waals surface area contributed by atoms with Crippen molar-refractivity contribution in [3.05, 3.63) is 0 Å². The Morgan fingerprint density at radius 2 is 2.06 bits per heavy atom. The number of rotatable bonds is 6. The molecule has 1 heterocycles. The molecule has 2 amide bonds. The van der Waals surface area contributed by atoms with Crippen molar-refractivity contribution in [1.82, 2.24) is 9.80 Å². The van der Waals surface area contributed by atoms with Gasteiger partial charge in [-0.25, -0.2) is 4.79 Å². The molecule has 0 aromatic heterocycles. The van der Waals surface area contributed by atoms with Crippen LogP contribution in [-0.2, 0) is 9.47 Å². The van der Waals surface area contributed by atoms with E-state index in [2.05, 4.69) is 0 Å². The highest BCUT2D eigenvalue weighted by molar-refractivity contribution is 5.74. The van der Waals surface area contributed by atoms with E-state index in [4.69, 9.17) is 15.2 Å². The lowest BCUT2D eigenvalue weighted by molar-refractivity contribution is 0.0356. The lowest BCUT2D eigenvalue weighted by Crippen LogP contribution is -2.51. The molecule has 0 aliphatic carbocycles. The van der Waals surface area contributed by atoms with Gasteiger partial charge in [-0.3, -0.25) is 0 Å². The summed E-state index contributed by atoms with van der Waals surface area (Å²) in [4.78, 5) is 16.0. The van der Waals surface area contributed by atoms with Crippen LogP contribution in [0.25, 0.3) is 0 Å². The van der Waals surface area contributed by atoms with Gasteiger partial charge in [-0.2, -0.15) is 0 Å². The van der Waals surface area contributed by atoms with Gasteiger partial charge < -0.3 is 25.0 Å². The second kappa shape index (κ2) is 8.29. The van der Waals surface area contributed by atoms with Crippen molar-refractivity contribution in [1.29, 1.82) is 0 Å². The Morgan fingerprint density at radius 1 is 1.39 bits per heavy atom. The highest BCUT2D eigenvalue weighted by Gasteiger charge is 2.24. The van der Waals surface area contributed by atoms with Crippen LogP contribution in [0.4, 0.5) is 4.79 Å². The second-order valence-corrected chi connectivity index (χ2v) is 4.57. The Kier molecular flexibility index (Phi) is 7.00. The molecule has 6 nitrogen and oxygen atoms in total. The summed E-state index contributed by atoms with van der Waals surface area (Å²) in [5.74, 6) is 0. The third-order valence-electron chi connectivity index (χ3n) is 2.89. The molecule has 0 saturated carbocycles. The standard InChI is InChI=1S/C12H25N3O3/c1-11(2)15(6-10-17-7-3-13)12(16)14-4-8-18-9-5-14/h11H,3-10,13H2,1-2H3. The Bertz CT molecular complexity index is 243. The molecule has 1 aliphatic rings. The maximum atomic E-state index is 12.3. The minimum Gasteiger partial charge on any atom is -0.378 e. The fraction of sp³-hybridized carbons (Fsp3) is 0.917. The summed E-state index contributed by atoms with van der Waals surface area (Å²) in [5.41, 5.74) is 5.35. The highest BCUT2D eigenvalue weighted by atomic mass is 16.5. The van der Waals surface area contributed by atoms with E-state index >= 15 is 0 Å². The van der Waals surface area contributed by atoms with Crippen LogP contribution < -0.4 is 5.73 Å². The number of nitrogens with zero attached hydrogens (tertiary/aromatic N) is 2. The number of hydrogen-bond donors (Lipinski definition) is 1. The third-order valence-corrected chi connectivity index (χ3v) is 2.89. The van der Waals surface area contributed by atoms with Gasteiger partial charge in [0.1, 0.15) is 0 Å². The Labute approximate surface area is 109 Å². The molecule has 0 atom stereocenters. The first-order valence-electron chi connectivity index (χ1n) is 6.58. The summed E-state index contributed by atoms with van der Waals surface area (Å²) in [6.45, 7) is 8.82. The lowest BCUT2D eigenvalue weighted by Gasteiger charge is -2.35. The molecule has 1 rings (SSSR count). The predicted molar refractivity (Wildman–Crippen MR) is 69.5 cm³/mol. The Hall–Kier alpha value is -0.850. The van der Waals surface area contributed by atoms with Crippen LogP contribution in [0.1, 0.15) is 13.8 Å². The Morgan fingerprint density at radius 3 is 2.61 bits per heavy atom. The molecule has 0 spiro atoms. The largest absolute Gasteiger partial charge is 0.378 e. The number of nitrogens with two attached hydrogens (primary N) is 1. The fourth-order valence-electron chi connectivity index (χ4n) is 1.86. The zero-order valence-electron chi connectivity index (χ0n) is 11.4. The molecule has 6 heteroatoms. The molecular weight excluding hydrogens is 234 g/mol. The van der Waals surface area contributed by atoms with Crippen LogP contribution in [0.3, 0.4) is 0 Å². The van der Waals surface area contributed by atoms with Crippen molar-refractivity contribution in [2.24, 2.45) is 5.73 Å². The van der Waals surface area contributed by atoms with E-state index in [1.165, 1.54) is 0 Å². The van der Waals surface area contributed by atoms with Gasteiger partial charge in [0, 0.05) is 32.2 Å². The molecule has 0 unspecified atom stereocenters. The van der Waals surface area contributed by atoms with Crippen molar-refractivity contribution in [3.8, 4) is 0 Å². The van der Waals surface area contributed by atoms with Gasteiger partial charge in [-0.15, -0.1) is 0 Å². The zero-order chi connectivity index (χ0) is 13.4. The topological polar surface area (TPSA) is 68.0 Å². The van der Waals surface area contributed by atoms with E-state index in [0.717, 1.165) is 0 Å². The van der Waals surface area contributed by atoms with Gasteiger partial charge >= 0.3 is 6.03 Å². The summed E-state index contributed by atoms with van der Waals surface area (Å²) in [6, 6.07) is 0.242. The molecule has 0 radical (unpaired) electrons. The molecule has 0 aromatic rings. The number of ether oxygens (including phenoxy) is 2. The van der Waals surface area contributed by atoms with E-state index in [1.54, 1.807) is 0 Å². The van der Waals surface area contributed by atoms with E-state index in [9.17, 15) is 4.79 Å². The van der Waals surface area contributed by atoms with E-state index in [0.29, 0.717) is 52.6 Å². The smallest absolute Gasteiger partial charge is 0.320 e. The predicted octanol–water partition coefficient (Wildman–Crippen LogP) is 0.124. The molecule has 18 heavy (non-hydrogen) atoms. The summed E-state index contributed by atoms with van der Waals surface area (Å²) in [7, 11) is 0. The normalized spacial score (nSPS) is 16.1. The molecule has 0 bridgehead atoms. The first-order chi connectivity index (χ1) is 8.66. The van der Waals surface area contributed by atoms with Gasteiger partial charge in [0.05, 0.1) is 26.4 Å². The average molecular weight is 259 g/mol. The second-order valence-electron chi connectivity index (χ2n) is 4.57. The van der Waals surface area contributed by atoms with Crippen LogP contribution in [-0.4, -0.2) is 74.5 Å². The Balaban J connectivity index is 2.41. The number of carbonyl (C=O) groups is 1. The van der Waals surface area contributed by atoms with Crippen LogP contribution in [0.15, 0.2) is 0 Å². The van der Waals surface area contributed by atoms with Gasteiger partial charge in [0.15, 0.2) is 0 Å². The molecule has 0 aromatic carbocycles. The molecular formula is C12H25N3O3. The summed E-state index contributed by atoms with van der Waals surface area (Å²) < 4.78 is 10.6. The van der Waals surface area contributed by atoms with E-state index in [1.807, 2.05) is 23.6 Å². The number of amides is 2. The minimum absolute atomic E-state index is 0.0737. The minimum atomic E-state index is 0.0737. The van der Waals surface area contributed by atoms with Gasteiger partial charge in [-0.05, 0) is 13.8 Å². The van der Waals surface area contributed by atoms with Crippen LogP contribution in [0.2, 0.25) is 0 Å². The molecule has 2 N–H and O–H groups in total. The number of urea groups is 1. The summed E-state index contributed by atoms with van der Waals surface area (Å²) >= 11 is 0. The van der Waals surface area contributed by atoms with Crippen molar-refractivity contribution >= 4 is 6.03 Å². The van der Waals surface area contributed by atoms with Crippen molar-refractivity contribution < 1.29 is 14.3 Å². The summed E-state index contributed by atoms with van der Waals surface area (Å²) in [5, 5.41) is 0. The van der Waals surface area contributed by atoms with Gasteiger partial charge in [-0.1, -0.05) is 0 Å². The quantitative estimate of drug-likeness (QED) is 0.688. The maximum Gasteiger partial charge on any atom is 0.320 e. The van der Waals surface area contributed by atoms with Crippen molar-refractivity contribution in [2.45, 2.75) is 19.9 Å². The number of hydrogen-bond acceptors (Lipinski definition) is 4. The van der Waals surface area contributed by atoms with Crippen molar-refractivity contribution in [3.63, 3.8) is 0 Å². The van der Waals surface area contributed by atoms with E-state index in [-0.39, 0.29) is 12.1 Å². The van der Waals surface area contributed by atoms with Crippen LogP contribution in [0.5, 0.6) is 0 Å². The maximum absolute atomic E-state index is 12.3. The zero-order valence-corrected chi connectivity index (χ0v) is 11.4. The summed E-state index contributed by atoms with van der Waals surface area (Å²) in [6.07, 6.45) is 0. The average Bonchev–Trinajstić information content (AvgIpc) is 2.39. The van der Waals surface area contributed by atoms with Gasteiger partial charge in [0.25, 0.3) is 0 Å². The monoisotopic (exact) mass is 259 g/mol. The SMILES string of the molecule is CC(C)N(CCOCCN)C(=O)N1CCOCC1. The van der Waals surface area contributed by atoms with E-state index < -0.39 is 0 Å². The first-order valence-corrected chi connectivity index (χ1v) is 6.58. The van der Waals surface area contributed by atoms with Crippen LogP contribution >= 0.6 is 0 Å². The van der Waals surface area contributed by atoms with Gasteiger partial charge in [0.2, 0.25) is 0 Å². The molecule has 1 fully saturated rings. The third kappa shape index (κ3) is 4.80. The fourth-order valence-corrected chi connectivity index (χ4v) is 1.86. The highest BCUT2D eigenvalue weighted by Crippen LogP contribution is 2.07. The van der Waals surface area contributed by atoms with Crippen LogP contribution in [0, 0.1) is 0 Å². The molecule has 1 saturated heterocycles. The molecule has 1 aliphatic heterocycles.